The molecule has 1 saturated carbocycles. The molecule has 1 fully saturated rings. The number of primary amides is 1. The van der Waals surface area contributed by atoms with Crippen LogP contribution in [-0.2, 0) is 0 Å². The van der Waals surface area contributed by atoms with Crippen LogP contribution in [0.5, 0.6) is 11.5 Å². The molecule has 0 saturated heterocycles. The molecule has 0 aliphatic heterocycles. The zero-order valence-corrected chi connectivity index (χ0v) is 10.0. The van der Waals surface area contributed by atoms with Gasteiger partial charge in [-0.2, -0.15) is 0 Å². The second-order valence-corrected chi connectivity index (χ2v) is 4.60. The van der Waals surface area contributed by atoms with E-state index >= 15 is 0 Å². The summed E-state index contributed by atoms with van der Waals surface area (Å²) in [4.78, 5) is 11.0. The Morgan fingerprint density at radius 2 is 2.06 bits per heavy atom. The zero-order chi connectivity index (χ0) is 12.4. The van der Waals surface area contributed by atoms with Crippen molar-refractivity contribution in [2.45, 2.75) is 31.8 Å². The van der Waals surface area contributed by atoms with Crippen molar-refractivity contribution < 1.29 is 14.6 Å². The molecule has 3 N–H and O–H groups in total. The first kappa shape index (κ1) is 12.0. The van der Waals surface area contributed by atoms with E-state index in [1.54, 1.807) is 0 Å². The maximum atomic E-state index is 11.0. The average Bonchev–Trinajstić information content (AvgIpc) is 2.75. The maximum Gasteiger partial charge on any atom is 0.252 e. The van der Waals surface area contributed by atoms with E-state index in [4.69, 9.17) is 22.1 Å². The fourth-order valence-electron chi connectivity index (χ4n) is 2.02. The Balaban J connectivity index is 2.23. The predicted octanol–water partition coefficient (Wildman–Crippen LogP) is 2.47. The fraction of sp³-hybridized carbons (Fsp3) is 0.417. The maximum absolute atomic E-state index is 11.0. The van der Waals surface area contributed by atoms with Crippen LogP contribution in [0.3, 0.4) is 0 Å². The molecule has 1 amide bonds. The molecule has 0 unspecified atom stereocenters. The number of ether oxygens (including phenoxy) is 1. The summed E-state index contributed by atoms with van der Waals surface area (Å²) in [7, 11) is 0. The number of phenols is 1. The summed E-state index contributed by atoms with van der Waals surface area (Å²) in [6.07, 6.45) is 4.43. The molecule has 0 bridgehead atoms. The van der Waals surface area contributed by atoms with Crippen LogP contribution in [0.1, 0.15) is 36.0 Å². The first-order valence-electron chi connectivity index (χ1n) is 5.57. The second-order valence-electron chi connectivity index (χ2n) is 4.19. The first-order chi connectivity index (χ1) is 8.08. The highest BCUT2D eigenvalue weighted by Gasteiger charge is 2.19. The lowest BCUT2D eigenvalue weighted by atomic mass is 10.2. The molecule has 0 aromatic heterocycles. The molecule has 2 rings (SSSR count). The number of hydrogen-bond donors (Lipinski definition) is 2. The molecule has 1 aromatic carbocycles. The van der Waals surface area contributed by atoms with Crippen molar-refractivity contribution in [3.63, 3.8) is 0 Å². The summed E-state index contributed by atoms with van der Waals surface area (Å²) >= 11 is 5.98. The lowest BCUT2D eigenvalue weighted by molar-refractivity contribution is 0.0997. The van der Waals surface area contributed by atoms with Crippen molar-refractivity contribution in [2.75, 3.05) is 0 Å². The third kappa shape index (κ3) is 2.64. The van der Waals surface area contributed by atoms with Crippen molar-refractivity contribution in [3.05, 3.63) is 22.7 Å². The summed E-state index contributed by atoms with van der Waals surface area (Å²) < 4.78 is 5.68. The molecule has 17 heavy (non-hydrogen) atoms. The summed E-state index contributed by atoms with van der Waals surface area (Å²) in [6.45, 7) is 0. The molecule has 0 radical (unpaired) electrons. The Morgan fingerprint density at radius 1 is 1.41 bits per heavy atom. The van der Waals surface area contributed by atoms with Gasteiger partial charge in [-0.25, -0.2) is 0 Å². The van der Waals surface area contributed by atoms with Gasteiger partial charge in [0.15, 0.2) is 0 Å². The van der Waals surface area contributed by atoms with Gasteiger partial charge in [0, 0.05) is 6.07 Å². The summed E-state index contributed by atoms with van der Waals surface area (Å²) in [6, 6.07) is 2.68. The van der Waals surface area contributed by atoms with Gasteiger partial charge in [-0.3, -0.25) is 4.79 Å². The highest BCUT2D eigenvalue weighted by molar-refractivity contribution is 6.32. The topological polar surface area (TPSA) is 72.6 Å². The second kappa shape index (κ2) is 4.84. The Hall–Kier alpha value is -1.42. The van der Waals surface area contributed by atoms with Crippen LogP contribution in [0.25, 0.3) is 0 Å². The lowest BCUT2D eigenvalue weighted by Crippen LogP contribution is -2.13. The van der Waals surface area contributed by atoms with E-state index in [1.165, 1.54) is 12.1 Å². The number of amides is 1. The number of nitrogens with two attached hydrogens (primary N) is 1. The summed E-state index contributed by atoms with van der Waals surface area (Å²) in [5, 5.41) is 9.92. The molecule has 1 aliphatic carbocycles. The standard InChI is InChI=1S/C12H14ClNO3/c13-9-5-8(12(14)16)10(15)6-11(9)17-7-3-1-2-4-7/h5-7,15H,1-4H2,(H2,14,16). The van der Waals surface area contributed by atoms with Crippen molar-refractivity contribution in [2.24, 2.45) is 5.73 Å². The predicted molar refractivity (Wildman–Crippen MR) is 64.5 cm³/mol. The number of carbonyl (C=O) groups excluding carboxylic acids is 1. The smallest absolute Gasteiger partial charge is 0.252 e. The van der Waals surface area contributed by atoms with E-state index < -0.39 is 5.91 Å². The normalized spacial score (nSPS) is 16.1. The fourth-order valence-corrected chi connectivity index (χ4v) is 2.22. The Morgan fingerprint density at radius 3 is 2.65 bits per heavy atom. The molecule has 92 valence electrons. The number of rotatable bonds is 3. The van der Waals surface area contributed by atoms with Crippen LogP contribution in [0, 0.1) is 0 Å². The molecule has 0 heterocycles. The Labute approximate surface area is 104 Å². The molecule has 1 aliphatic rings. The van der Waals surface area contributed by atoms with E-state index in [-0.39, 0.29) is 17.4 Å². The number of carbonyl (C=O) groups is 1. The van der Waals surface area contributed by atoms with Crippen molar-refractivity contribution in [3.8, 4) is 11.5 Å². The van der Waals surface area contributed by atoms with Gasteiger partial charge in [0.1, 0.15) is 11.5 Å². The van der Waals surface area contributed by atoms with Gasteiger partial charge < -0.3 is 15.6 Å². The van der Waals surface area contributed by atoms with Crippen LogP contribution in [0.2, 0.25) is 5.02 Å². The third-order valence-electron chi connectivity index (χ3n) is 2.91. The van der Waals surface area contributed by atoms with E-state index in [9.17, 15) is 9.90 Å². The van der Waals surface area contributed by atoms with Gasteiger partial charge in [-0.1, -0.05) is 11.6 Å². The minimum absolute atomic E-state index is 0.00812. The Bertz CT molecular complexity index is 442. The van der Waals surface area contributed by atoms with Crippen LogP contribution in [-0.4, -0.2) is 17.1 Å². The van der Waals surface area contributed by atoms with Gasteiger partial charge >= 0.3 is 0 Å². The average molecular weight is 256 g/mol. The zero-order valence-electron chi connectivity index (χ0n) is 9.28. The molecule has 5 heteroatoms. The number of benzene rings is 1. The van der Waals surface area contributed by atoms with E-state index in [2.05, 4.69) is 0 Å². The molecule has 1 aromatic rings. The molecular formula is C12H14ClNO3. The van der Waals surface area contributed by atoms with Gasteiger partial charge in [0.25, 0.3) is 5.91 Å². The first-order valence-corrected chi connectivity index (χ1v) is 5.94. The van der Waals surface area contributed by atoms with Crippen LogP contribution in [0.4, 0.5) is 0 Å². The minimum Gasteiger partial charge on any atom is -0.507 e. The lowest BCUT2D eigenvalue weighted by Gasteiger charge is -2.15. The highest BCUT2D eigenvalue weighted by Crippen LogP contribution is 2.34. The van der Waals surface area contributed by atoms with E-state index in [0.717, 1.165) is 25.7 Å². The van der Waals surface area contributed by atoms with E-state index in [0.29, 0.717) is 10.8 Å². The van der Waals surface area contributed by atoms with Crippen LogP contribution < -0.4 is 10.5 Å². The molecule has 4 nitrogen and oxygen atoms in total. The SMILES string of the molecule is NC(=O)c1cc(Cl)c(OC2CCCC2)cc1O. The van der Waals surface area contributed by atoms with Gasteiger partial charge in [-0.05, 0) is 31.7 Å². The number of halogens is 1. The monoisotopic (exact) mass is 255 g/mol. The van der Waals surface area contributed by atoms with Crippen molar-refractivity contribution >= 4 is 17.5 Å². The van der Waals surface area contributed by atoms with Gasteiger partial charge in [0.2, 0.25) is 0 Å². The number of aromatic hydroxyl groups is 1. The molecule has 0 atom stereocenters. The minimum atomic E-state index is -0.711. The van der Waals surface area contributed by atoms with Crippen LogP contribution in [0.15, 0.2) is 12.1 Å². The molecular weight excluding hydrogens is 242 g/mol. The van der Waals surface area contributed by atoms with Crippen molar-refractivity contribution in [1.29, 1.82) is 0 Å². The largest absolute Gasteiger partial charge is 0.507 e. The Kier molecular flexibility index (Phi) is 3.43. The van der Waals surface area contributed by atoms with Gasteiger partial charge in [0.05, 0.1) is 16.7 Å². The highest BCUT2D eigenvalue weighted by atomic mass is 35.5. The van der Waals surface area contributed by atoms with Gasteiger partial charge in [-0.15, -0.1) is 0 Å². The third-order valence-corrected chi connectivity index (χ3v) is 3.21. The van der Waals surface area contributed by atoms with Crippen molar-refractivity contribution in [1.82, 2.24) is 0 Å². The summed E-state index contributed by atoms with van der Waals surface area (Å²) in [5.41, 5.74) is 5.11. The summed E-state index contributed by atoms with van der Waals surface area (Å²) in [5.74, 6) is -0.507. The molecule has 0 spiro atoms. The van der Waals surface area contributed by atoms with Crippen LogP contribution >= 0.6 is 11.6 Å². The van der Waals surface area contributed by atoms with E-state index in [1.807, 2.05) is 0 Å². The quantitative estimate of drug-likeness (QED) is 0.871. The number of hydrogen-bond acceptors (Lipinski definition) is 3.